The number of carbonyl (C=O) groups is 1. The molecule has 4 heteroatoms. The molecule has 0 aromatic carbocycles. The molecule has 0 aliphatic carbocycles. The van der Waals surface area contributed by atoms with E-state index >= 15 is 0 Å². The van der Waals surface area contributed by atoms with Crippen molar-refractivity contribution in [1.29, 1.82) is 0 Å². The minimum absolute atomic E-state index is 0.0158. The minimum Gasteiger partial charge on any atom is -0.477 e. The summed E-state index contributed by atoms with van der Waals surface area (Å²) in [6.45, 7) is 3.56. The van der Waals surface area contributed by atoms with Crippen molar-refractivity contribution in [3.8, 4) is 0 Å². The van der Waals surface area contributed by atoms with Crippen LogP contribution in [0.4, 0.5) is 0 Å². The molecule has 0 bridgehead atoms. The molecule has 0 fully saturated rings. The van der Waals surface area contributed by atoms with Gasteiger partial charge in [0.15, 0.2) is 0 Å². The fraction of sp³-hybridized carbons (Fsp3) is 0.200. The minimum atomic E-state index is -1.04. The number of carboxylic acids is 1. The van der Waals surface area contributed by atoms with Gasteiger partial charge in [0.25, 0.3) is 0 Å². The first-order chi connectivity index (χ1) is 6.65. The highest BCUT2D eigenvalue weighted by Gasteiger charge is 2.09. The molecule has 0 saturated carbocycles. The number of pyridine rings is 1. The van der Waals surface area contributed by atoms with Crippen molar-refractivity contribution >= 4 is 5.97 Å². The predicted octanol–water partition coefficient (Wildman–Crippen LogP) is 1.36. The van der Waals surface area contributed by atoms with Crippen molar-refractivity contribution in [2.75, 3.05) is 0 Å². The molecule has 0 saturated heterocycles. The zero-order chi connectivity index (χ0) is 10.6. The van der Waals surface area contributed by atoms with Crippen LogP contribution in [0.1, 0.15) is 28.6 Å². The number of hydrogen-bond acceptors (Lipinski definition) is 3. The van der Waals surface area contributed by atoms with Crippen LogP contribution in [0.3, 0.4) is 0 Å². The van der Waals surface area contributed by atoms with E-state index in [1.165, 1.54) is 6.07 Å². The van der Waals surface area contributed by atoms with Gasteiger partial charge in [-0.3, -0.25) is 0 Å². The van der Waals surface area contributed by atoms with Gasteiger partial charge in [0.05, 0.1) is 11.7 Å². The molecule has 14 heavy (non-hydrogen) atoms. The van der Waals surface area contributed by atoms with E-state index in [4.69, 9.17) is 10.8 Å². The summed E-state index contributed by atoms with van der Waals surface area (Å²) in [5.74, 6) is -1.04. The molecular formula is C10H12N2O2. The maximum absolute atomic E-state index is 10.6. The van der Waals surface area contributed by atoms with Gasteiger partial charge in [0, 0.05) is 0 Å². The molecule has 1 aromatic heterocycles. The van der Waals surface area contributed by atoms with Crippen LogP contribution in [-0.4, -0.2) is 16.1 Å². The molecule has 0 aliphatic heterocycles. The molecule has 0 amide bonds. The normalized spacial score (nSPS) is 12.1. The van der Waals surface area contributed by atoms with Crippen molar-refractivity contribution < 1.29 is 9.90 Å². The Hall–Kier alpha value is -1.68. The van der Waals surface area contributed by atoms with E-state index in [0.717, 1.165) is 0 Å². The number of aromatic carboxylic acids is 1. The van der Waals surface area contributed by atoms with Crippen molar-refractivity contribution in [2.24, 2.45) is 5.73 Å². The molecule has 0 spiro atoms. The van der Waals surface area contributed by atoms with Gasteiger partial charge in [0.1, 0.15) is 5.69 Å². The fourth-order valence-electron chi connectivity index (χ4n) is 1.08. The van der Waals surface area contributed by atoms with Crippen LogP contribution < -0.4 is 5.73 Å². The lowest BCUT2D eigenvalue weighted by Crippen LogP contribution is -2.13. The molecule has 1 aromatic rings. The van der Waals surface area contributed by atoms with Gasteiger partial charge in [-0.1, -0.05) is 12.1 Å². The number of nitrogens with two attached hydrogens (primary N) is 1. The van der Waals surface area contributed by atoms with Gasteiger partial charge >= 0.3 is 5.97 Å². The van der Waals surface area contributed by atoms with Crippen molar-refractivity contribution in [3.63, 3.8) is 0 Å². The van der Waals surface area contributed by atoms with Gasteiger partial charge < -0.3 is 10.8 Å². The topological polar surface area (TPSA) is 76.2 Å². The van der Waals surface area contributed by atoms with Gasteiger partial charge in [-0.25, -0.2) is 9.78 Å². The molecule has 1 unspecified atom stereocenters. The zero-order valence-corrected chi connectivity index (χ0v) is 7.68. The first kappa shape index (κ1) is 10.4. The summed E-state index contributed by atoms with van der Waals surface area (Å²) in [5, 5.41) is 8.70. The van der Waals surface area contributed by atoms with Crippen LogP contribution in [-0.2, 0) is 0 Å². The van der Waals surface area contributed by atoms with E-state index in [0.29, 0.717) is 12.1 Å². The molecule has 0 radical (unpaired) electrons. The third-order valence-corrected chi connectivity index (χ3v) is 1.79. The van der Waals surface area contributed by atoms with Gasteiger partial charge in [-0.05, 0) is 18.6 Å². The summed E-state index contributed by atoms with van der Waals surface area (Å²) in [6.07, 6.45) is 2.26. The molecule has 1 heterocycles. The van der Waals surface area contributed by atoms with E-state index in [1.54, 1.807) is 18.2 Å². The number of carboxylic acid groups (broad SMARTS) is 1. The summed E-state index contributed by atoms with van der Waals surface area (Å²) in [6, 6.07) is 4.49. The highest BCUT2D eigenvalue weighted by atomic mass is 16.4. The van der Waals surface area contributed by atoms with Gasteiger partial charge in [0.2, 0.25) is 0 Å². The Kier molecular flexibility index (Phi) is 3.36. The average Bonchev–Trinajstić information content (AvgIpc) is 2.18. The lowest BCUT2D eigenvalue weighted by molar-refractivity contribution is 0.0690. The molecule has 3 N–H and O–H groups in total. The Morgan fingerprint density at radius 1 is 1.71 bits per heavy atom. The van der Waals surface area contributed by atoms with Crippen LogP contribution >= 0.6 is 0 Å². The number of hydrogen-bond donors (Lipinski definition) is 2. The molecule has 74 valence electrons. The summed E-state index contributed by atoms with van der Waals surface area (Å²) < 4.78 is 0. The first-order valence-corrected chi connectivity index (χ1v) is 4.22. The highest BCUT2D eigenvalue weighted by molar-refractivity contribution is 5.85. The van der Waals surface area contributed by atoms with E-state index in [-0.39, 0.29) is 11.7 Å². The Morgan fingerprint density at radius 2 is 2.43 bits per heavy atom. The Balaban J connectivity index is 2.93. The summed E-state index contributed by atoms with van der Waals surface area (Å²) in [5.41, 5.74) is 6.34. The Bertz CT molecular complexity index is 350. The van der Waals surface area contributed by atoms with E-state index in [2.05, 4.69) is 11.6 Å². The van der Waals surface area contributed by atoms with Crippen LogP contribution in [0, 0.1) is 0 Å². The quantitative estimate of drug-likeness (QED) is 0.706. The molecule has 1 atom stereocenters. The Labute approximate surface area is 82.1 Å². The number of nitrogens with zero attached hydrogens (tertiary/aromatic N) is 1. The smallest absolute Gasteiger partial charge is 0.354 e. The van der Waals surface area contributed by atoms with Crippen molar-refractivity contribution in [3.05, 3.63) is 42.2 Å². The second kappa shape index (κ2) is 4.53. The fourth-order valence-corrected chi connectivity index (χ4v) is 1.08. The van der Waals surface area contributed by atoms with Crippen LogP contribution in [0.2, 0.25) is 0 Å². The van der Waals surface area contributed by atoms with Crippen LogP contribution in [0.25, 0.3) is 0 Å². The SMILES string of the molecule is C=CCC(N)c1cccc(C(=O)O)n1. The predicted molar refractivity (Wildman–Crippen MR) is 52.9 cm³/mol. The average molecular weight is 192 g/mol. The number of aromatic nitrogens is 1. The lowest BCUT2D eigenvalue weighted by Gasteiger charge is -2.08. The summed E-state index contributed by atoms with van der Waals surface area (Å²) >= 11 is 0. The monoisotopic (exact) mass is 192 g/mol. The van der Waals surface area contributed by atoms with Gasteiger partial charge in [-0.2, -0.15) is 0 Å². The zero-order valence-electron chi connectivity index (χ0n) is 7.68. The third kappa shape index (κ3) is 2.40. The van der Waals surface area contributed by atoms with E-state index < -0.39 is 5.97 Å². The maximum Gasteiger partial charge on any atom is 0.354 e. The second-order valence-electron chi connectivity index (χ2n) is 2.88. The summed E-state index contributed by atoms with van der Waals surface area (Å²) in [7, 11) is 0. The van der Waals surface area contributed by atoms with Crippen molar-refractivity contribution in [1.82, 2.24) is 4.98 Å². The second-order valence-corrected chi connectivity index (χ2v) is 2.88. The molecule has 1 rings (SSSR count). The molecule has 0 aliphatic rings. The summed E-state index contributed by atoms with van der Waals surface area (Å²) in [4.78, 5) is 14.5. The van der Waals surface area contributed by atoms with Gasteiger partial charge in [-0.15, -0.1) is 6.58 Å². The standard InChI is InChI=1S/C10H12N2O2/c1-2-4-7(11)8-5-3-6-9(12-8)10(13)14/h2-3,5-7H,1,4,11H2,(H,13,14). The van der Waals surface area contributed by atoms with Crippen molar-refractivity contribution in [2.45, 2.75) is 12.5 Å². The highest BCUT2D eigenvalue weighted by Crippen LogP contribution is 2.11. The third-order valence-electron chi connectivity index (χ3n) is 1.79. The van der Waals surface area contributed by atoms with Crippen LogP contribution in [0.5, 0.6) is 0 Å². The van der Waals surface area contributed by atoms with E-state index in [9.17, 15) is 4.79 Å². The maximum atomic E-state index is 10.6. The lowest BCUT2D eigenvalue weighted by atomic mass is 10.1. The van der Waals surface area contributed by atoms with Crippen LogP contribution in [0.15, 0.2) is 30.9 Å². The largest absolute Gasteiger partial charge is 0.477 e. The molecule has 4 nitrogen and oxygen atoms in total. The Morgan fingerprint density at radius 3 is 3.00 bits per heavy atom. The first-order valence-electron chi connectivity index (χ1n) is 4.22. The molecular weight excluding hydrogens is 180 g/mol. The number of rotatable bonds is 4. The van der Waals surface area contributed by atoms with E-state index in [1.807, 2.05) is 0 Å².